The number of carbonyl (C=O) groups is 2. The van der Waals surface area contributed by atoms with Crippen LogP contribution in [0.2, 0.25) is 0 Å². The van der Waals surface area contributed by atoms with E-state index in [9.17, 15) is 9.59 Å². The average Bonchev–Trinajstić information content (AvgIpc) is 3.39. The van der Waals surface area contributed by atoms with Crippen molar-refractivity contribution >= 4 is 11.8 Å². The van der Waals surface area contributed by atoms with Crippen LogP contribution in [0.3, 0.4) is 0 Å². The highest BCUT2D eigenvalue weighted by Crippen LogP contribution is 2.23. The Morgan fingerprint density at radius 3 is 2.77 bits per heavy atom. The van der Waals surface area contributed by atoms with Crippen molar-refractivity contribution in [2.24, 2.45) is 5.92 Å². The normalized spacial score (nSPS) is 27.5. The van der Waals surface area contributed by atoms with Gasteiger partial charge in [-0.25, -0.2) is 0 Å². The topological polar surface area (TPSA) is 66.2 Å². The van der Waals surface area contributed by atoms with Crippen LogP contribution in [-0.2, 0) is 20.9 Å². The zero-order valence-corrected chi connectivity index (χ0v) is 15.1. The minimum absolute atomic E-state index is 0.0387. The first-order chi connectivity index (χ1) is 12.7. The van der Waals surface area contributed by atoms with Gasteiger partial charge in [0.05, 0.1) is 24.8 Å². The molecule has 1 aromatic heterocycles. The van der Waals surface area contributed by atoms with Gasteiger partial charge in [-0.3, -0.25) is 14.5 Å². The predicted molar refractivity (Wildman–Crippen MR) is 94.2 cm³/mol. The van der Waals surface area contributed by atoms with Crippen molar-refractivity contribution in [3.63, 3.8) is 0 Å². The van der Waals surface area contributed by atoms with Crippen LogP contribution in [-0.4, -0.2) is 78.5 Å². The van der Waals surface area contributed by atoms with E-state index in [1.165, 1.54) is 0 Å². The molecule has 2 unspecified atom stereocenters. The van der Waals surface area contributed by atoms with Crippen molar-refractivity contribution in [2.75, 3.05) is 45.9 Å². The Morgan fingerprint density at radius 2 is 2.08 bits per heavy atom. The Labute approximate surface area is 153 Å². The molecule has 3 fully saturated rings. The van der Waals surface area contributed by atoms with Crippen molar-refractivity contribution in [3.8, 4) is 0 Å². The number of carbonyl (C=O) groups excluding carboxylic acids is 2. The molecular formula is C19H27N3O4. The Balaban J connectivity index is 1.25. The molecule has 1 aromatic rings. The summed E-state index contributed by atoms with van der Waals surface area (Å²) in [6, 6.07) is 3.67. The molecule has 0 bridgehead atoms. The van der Waals surface area contributed by atoms with Crippen LogP contribution in [0.15, 0.2) is 22.8 Å². The van der Waals surface area contributed by atoms with Gasteiger partial charge in [0.15, 0.2) is 0 Å². The Bertz CT molecular complexity index is 619. The lowest BCUT2D eigenvalue weighted by Gasteiger charge is -2.36. The van der Waals surface area contributed by atoms with Crippen molar-refractivity contribution in [1.82, 2.24) is 14.7 Å². The highest BCUT2D eigenvalue weighted by Gasteiger charge is 2.37. The van der Waals surface area contributed by atoms with Gasteiger partial charge in [0.2, 0.25) is 11.8 Å². The fourth-order valence-electron chi connectivity index (χ4n) is 4.17. The molecule has 4 rings (SSSR count). The molecule has 3 saturated heterocycles. The number of nitrogens with zero attached hydrogens (tertiary/aromatic N) is 3. The van der Waals surface area contributed by atoms with Crippen molar-refractivity contribution in [2.45, 2.75) is 31.9 Å². The monoisotopic (exact) mass is 361 g/mol. The van der Waals surface area contributed by atoms with Crippen LogP contribution in [0, 0.1) is 5.92 Å². The van der Waals surface area contributed by atoms with Crippen LogP contribution in [0.25, 0.3) is 0 Å². The van der Waals surface area contributed by atoms with E-state index in [1.54, 1.807) is 11.2 Å². The summed E-state index contributed by atoms with van der Waals surface area (Å²) < 4.78 is 11.0. The van der Waals surface area contributed by atoms with Crippen LogP contribution in [0.1, 0.15) is 25.0 Å². The molecule has 2 atom stereocenters. The maximum absolute atomic E-state index is 12.8. The summed E-state index contributed by atoms with van der Waals surface area (Å²) in [7, 11) is 0. The quantitative estimate of drug-likeness (QED) is 0.781. The lowest BCUT2D eigenvalue weighted by Crippen LogP contribution is -2.52. The SMILES string of the molecule is O=C1CC(C(=O)N2CCN(CC3CCCO3)CC2)CN1Cc1ccco1. The largest absolute Gasteiger partial charge is 0.467 e. The van der Waals surface area contributed by atoms with Crippen LogP contribution < -0.4 is 0 Å². The van der Waals surface area contributed by atoms with Gasteiger partial charge in [0.1, 0.15) is 5.76 Å². The Morgan fingerprint density at radius 1 is 1.23 bits per heavy atom. The molecule has 3 aliphatic heterocycles. The third-order valence-electron chi connectivity index (χ3n) is 5.66. The van der Waals surface area contributed by atoms with Crippen LogP contribution in [0.5, 0.6) is 0 Å². The number of furan rings is 1. The van der Waals surface area contributed by atoms with E-state index in [0.29, 0.717) is 25.6 Å². The maximum atomic E-state index is 12.8. The zero-order valence-electron chi connectivity index (χ0n) is 15.1. The van der Waals surface area contributed by atoms with Gasteiger partial charge in [-0.1, -0.05) is 0 Å². The summed E-state index contributed by atoms with van der Waals surface area (Å²) >= 11 is 0. The van der Waals surface area contributed by atoms with Gasteiger partial charge in [0, 0.05) is 52.3 Å². The third-order valence-corrected chi connectivity index (χ3v) is 5.66. The molecule has 3 aliphatic rings. The molecular weight excluding hydrogens is 334 g/mol. The lowest BCUT2D eigenvalue weighted by molar-refractivity contribution is -0.137. The van der Waals surface area contributed by atoms with Crippen LogP contribution in [0.4, 0.5) is 0 Å². The third kappa shape index (κ3) is 3.94. The van der Waals surface area contributed by atoms with Crippen molar-refractivity contribution < 1.29 is 18.7 Å². The Hall–Kier alpha value is -1.86. The summed E-state index contributed by atoms with van der Waals surface area (Å²) in [5.74, 6) is 0.699. The highest BCUT2D eigenvalue weighted by molar-refractivity contribution is 5.89. The maximum Gasteiger partial charge on any atom is 0.228 e. The van der Waals surface area contributed by atoms with Crippen molar-refractivity contribution in [3.05, 3.63) is 24.2 Å². The first-order valence-electron chi connectivity index (χ1n) is 9.62. The zero-order chi connectivity index (χ0) is 17.9. The molecule has 0 spiro atoms. The fourth-order valence-corrected chi connectivity index (χ4v) is 4.17. The lowest BCUT2D eigenvalue weighted by atomic mass is 10.1. The molecule has 0 saturated carbocycles. The molecule has 4 heterocycles. The van der Waals surface area contributed by atoms with E-state index in [0.717, 1.165) is 57.9 Å². The minimum Gasteiger partial charge on any atom is -0.467 e. The van der Waals surface area contributed by atoms with Gasteiger partial charge in [-0.15, -0.1) is 0 Å². The fraction of sp³-hybridized carbons (Fsp3) is 0.684. The molecule has 0 radical (unpaired) electrons. The number of hydrogen-bond donors (Lipinski definition) is 0. The van der Waals surface area contributed by atoms with Gasteiger partial charge in [0.25, 0.3) is 0 Å². The molecule has 0 aliphatic carbocycles. The standard InChI is InChI=1S/C19H27N3O4/c23-18-11-15(12-22(18)14-17-4-2-10-26-17)19(24)21-7-5-20(6-8-21)13-16-3-1-9-25-16/h2,4,10,15-16H,1,3,5-9,11-14H2. The number of likely N-dealkylation sites (tertiary alicyclic amines) is 1. The van der Waals surface area contributed by atoms with Gasteiger partial charge < -0.3 is 19.0 Å². The molecule has 0 aromatic carbocycles. The summed E-state index contributed by atoms with van der Waals surface area (Å²) in [5.41, 5.74) is 0. The molecule has 142 valence electrons. The van der Waals surface area contributed by atoms with Crippen molar-refractivity contribution in [1.29, 1.82) is 0 Å². The summed E-state index contributed by atoms with van der Waals surface area (Å²) in [5, 5.41) is 0. The van der Waals surface area contributed by atoms with E-state index in [4.69, 9.17) is 9.15 Å². The first-order valence-corrected chi connectivity index (χ1v) is 9.62. The minimum atomic E-state index is -0.220. The van der Waals surface area contributed by atoms with E-state index in [2.05, 4.69) is 4.90 Å². The van der Waals surface area contributed by atoms with E-state index < -0.39 is 0 Å². The van der Waals surface area contributed by atoms with E-state index >= 15 is 0 Å². The molecule has 2 amide bonds. The number of hydrogen-bond acceptors (Lipinski definition) is 5. The van der Waals surface area contributed by atoms with Gasteiger partial charge in [-0.2, -0.15) is 0 Å². The smallest absolute Gasteiger partial charge is 0.228 e. The average molecular weight is 361 g/mol. The number of rotatable bonds is 5. The number of piperazine rings is 1. The molecule has 7 heteroatoms. The second-order valence-electron chi connectivity index (χ2n) is 7.52. The molecule has 7 nitrogen and oxygen atoms in total. The van der Waals surface area contributed by atoms with Crippen LogP contribution >= 0.6 is 0 Å². The summed E-state index contributed by atoms with van der Waals surface area (Å²) in [4.78, 5) is 31.1. The second-order valence-corrected chi connectivity index (χ2v) is 7.52. The number of amides is 2. The first kappa shape index (κ1) is 17.5. The van der Waals surface area contributed by atoms with Gasteiger partial charge in [-0.05, 0) is 25.0 Å². The van der Waals surface area contributed by atoms with E-state index in [-0.39, 0.29) is 17.7 Å². The van der Waals surface area contributed by atoms with E-state index in [1.807, 2.05) is 17.0 Å². The second kappa shape index (κ2) is 7.80. The molecule has 0 N–H and O–H groups in total. The molecule has 26 heavy (non-hydrogen) atoms. The Kier molecular flexibility index (Phi) is 5.26. The number of ether oxygens (including phenoxy) is 1. The van der Waals surface area contributed by atoms with Gasteiger partial charge >= 0.3 is 0 Å². The highest BCUT2D eigenvalue weighted by atomic mass is 16.5. The predicted octanol–water partition coefficient (Wildman–Crippen LogP) is 0.951. The summed E-state index contributed by atoms with van der Waals surface area (Å²) in [6.45, 7) is 6.07. The summed E-state index contributed by atoms with van der Waals surface area (Å²) in [6.07, 6.45) is 4.59.